The van der Waals surface area contributed by atoms with E-state index in [1.165, 1.54) is 12.3 Å². The summed E-state index contributed by atoms with van der Waals surface area (Å²) in [5.74, 6) is -0.519. The van der Waals surface area contributed by atoms with Crippen molar-refractivity contribution in [3.8, 4) is 0 Å². The van der Waals surface area contributed by atoms with Crippen molar-refractivity contribution in [3.05, 3.63) is 71.8 Å². The number of benzene rings is 1. The molecule has 0 aliphatic carbocycles. The van der Waals surface area contributed by atoms with Crippen LogP contribution in [-0.4, -0.2) is 17.6 Å². The first-order valence-corrected chi connectivity index (χ1v) is 6.47. The van der Waals surface area contributed by atoms with Crippen LogP contribution in [0.25, 0.3) is 6.08 Å². The molecule has 1 aromatic heterocycles. The Morgan fingerprint density at radius 3 is 2.76 bits per heavy atom. The fraction of sp³-hybridized carbons (Fsp3) is 0.125. The van der Waals surface area contributed by atoms with E-state index in [0.29, 0.717) is 6.54 Å². The Hall–Kier alpha value is -2.69. The smallest absolute Gasteiger partial charge is 0.407 e. The van der Waals surface area contributed by atoms with Crippen LogP contribution in [0.5, 0.6) is 0 Å². The third kappa shape index (κ3) is 5.44. The number of hydrogen-bond donors (Lipinski definition) is 1. The predicted octanol–water partition coefficient (Wildman–Crippen LogP) is 3.16. The van der Waals surface area contributed by atoms with Gasteiger partial charge in [-0.25, -0.2) is 9.78 Å². The number of nitrogens with one attached hydrogen (secondary N) is 1. The maximum absolute atomic E-state index is 12.6. The Morgan fingerprint density at radius 1 is 1.24 bits per heavy atom. The summed E-state index contributed by atoms with van der Waals surface area (Å²) in [5, 5.41) is 2.59. The second-order valence-corrected chi connectivity index (χ2v) is 4.26. The highest BCUT2D eigenvalue weighted by molar-refractivity contribution is 5.67. The van der Waals surface area contributed by atoms with Crippen LogP contribution in [0.2, 0.25) is 0 Å². The third-order valence-corrected chi connectivity index (χ3v) is 2.64. The van der Waals surface area contributed by atoms with Crippen LogP contribution in [0, 0.1) is 5.95 Å². The molecule has 4 nitrogen and oxygen atoms in total. The quantitative estimate of drug-likeness (QED) is 0.859. The summed E-state index contributed by atoms with van der Waals surface area (Å²) in [6.45, 7) is 0.559. The van der Waals surface area contributed by atoms with E-state index in [-0.39, 0.29) is 6.61 Å². The zero-order valence-electron chi connectivity index (χ0n) is 11.3. The van der Waals surface area contributed by atoms with Crippen LogP contribution >= 0.6 is 0 Å². The lowest BCUT2D eigenvalue weighted by Gasteiger charge is -2.05. The van der Waals surface area contributed by atoms with E-state index in [0.717, 1.165) is 11.1 Å². The highest BCUT2D eigenvalue weighted by Crippen LogP contribution is 2.01. The molecule has 0 radical (unpaired) electrons. The van der Waals surface area contributed by atoms with Crippen LogP contribution in [0.15, 0.2) is 54.7 Å². The van der Waals surface area contributed by atoms with Crippen molar-refractivity contribution >= 4 is 12.2 Å². The molecule has 0 saturated heterocycles. The molecular weight excluding hydrogens is 271 g/mol. The molecule has 1 aromatic carbocycles. The van der Waals surface area contributed by atoms with Gasteiger partial charge in [-0.3, -0.25) is 0 Å². The highest BCUT2D eigenvalue weighted by Gasteiger charge is 2.00. The number of nitrogens with zero attached hydrogens (tertiary/aromatic N) is 1. The second kappa shape index (κ2) is 7.79. The van der Waals surface area contributed by atoms with Gasteiger partial charge in [0.05, 0.1) is 0 Å². The molecule has 5 heteroatoms. The maximum atomic E-state index is 12.6. The molecule has 1 N–H and O–H groups in total. The van der Waals surface area contributed by atoms with Crippen molar-refractivity contribution in [1.82, 2.24) is 10.3 Å². The minimum absolute atomic E-state index is 0.234. The Labute approximate surface area is 122 Å². The predicted molar refractivity (Wildman–Crippen MR) is 77.9 cm³/mol. The van der Waals surface area contributed by atoms with Crippen LogP contribution in [-0.2, 0) is 11.3 Å². The Bertz CT molecular complexity index is 597. The highest BCUT2D eigenvalue weighted by atomic mass is 19.1. The number of aromatic nitrogens is 1. The molecule has 0 aliphatic heterocycles. The van der Waals surface area contributed by atoms with Crippen molar-refractivity contribution in [2.75, 3.05) is 6.54 Å². The number of ether oxygens (including phenoxy) is 1. The molecule has 0 unspecified atom stereocenters. The number of hydrogen-bond acceptors (Lipinski definition) is 3. The van der Waals surface area contributed by atoms with Crippen LogP contribution in [0.3, 0.4) is 0 Å². The van der Waals surface area contributed by atoms with Gasteiger partial charge in [0.2, 0.25) is 5.95 Å². The fourth-order valence-corrected chi connectivity index (χ4v) is 1.60. The minimum Gasteiger partial charge on any atom is -0.445 e. The summed E-state index contributed by atoms with van der Waals surface area (Å²) in [6, 6.07) is 12.3. The van der Waals surface area contributed by atoms with Crippen LogP contribution < -0.4 is 5.32 Å². The van der Waals surface area contributed by atoms with E-state index in [2.05, 4.69) is 10.3 Å². The standard InChI is InChI=1S/C16H15FN2O2/c17-15-9-8-13(11-19-15)7-4-10-18-16(20)21-12-14-5-2-1-3-6-14/h1-9,11H,10,12H2,(H,18,20). The van der Waals surface area contributed by atoms with Crippen molar-refractivity contribution in [1.29, 1.82) is 0 Å². The van der Waals surface area contributed by atoms with Gasteiger partial charge in [0.25, 0.3) is 0 Å². The van der Waals surface area contributed by atoms with Gasteiger partial charge < -0.3 is 10.1 Å². The topological polar surface area (TPSA) is 51.2 Å². The third-order valence-electron chi connectivity index (χ3n) is 2.64. The Balaban J connectivity index is 1.68. The number of carbonyl (C=O) groups excluding carboxylic acids is 1. The molecule has 0 aliphatic rings. The number of carbonyl (C=O) groups is 1. The normalized spacial score (nSPS) is 10.5. The van der Waals surface area contributed by atoms with Gasteiger partial charge >= 0.3 is 6.09 Å². The molecule has 21 heavy (non-hydrogen) atoms. The Morgan fingerprint density at radius 2 is 2.05 bits per heavy atom. The van der Waals surface area contributed by atoms with E-state index in [1.807, 2.05) is 30.3 Å². The number of alkyl carbamates (subject to hydrolysis) is 1. The SMILES string of the molecule is O=C(NCC=Cc1ccc(F)nc1)OCc1ccccc1. The summed E-state index contributed by atoms with van der Waals surface area (Å²) in [7, 11) is 0. The van der Waals surface area contributed by atoms with Crippen molar-refractivity contribution in [3.63, 3.8) is 0 Å². The second-order valence-electron chi connectivity index (χ2n) is 4.26. The number of amides is 1. The van der Waals surface area contributed by atoms with E-state index in [4.69, 9.17) is 4.74 Å². The largest absolute Gasteiger partial charge is 0.445 e. The lowest BCUT2D eigenvalue weighted by Crippen LogP contribution is -2.24. The van der Waals surface area contributed by atoms with Crippen LogP contribution in [0.1, 0.15) is 11.1 Å². The van der Waals surface area contributed by atoms with Gasteiger partial charge in [-0.05, 0) is 23.3 Å². The van der Waals surface area contributed by atoms with Crippen molar-refractivity contribution in [2.24, 2.45) is 0 Å². The summed E-state index contributed by atoms with van der Waals surface area (Å²) in [4.78, 5) is 15.0. The molecular formula is C16H15FN2O2. The van der Waals surface area contributed by atoms with E-state index >= 15 is 0 Å². The number of rotatable bonds is 5. The Kier molecular flexibility index (Phi) is 5.46. The summed E-state index contributed by atoms with van der Waals surface area (Å²) >= 11 is 0. The zero-order chi connectivity index (χ0) is 14.9. The average Bonchev–Trinajstić information content (AvgIpc) is 2.52. The molecule has 1 amide bonds. The van der Waals surface area contributed by atoms with Gasteiger partial charge in [0.1, 0.15) is 6.61 Å². The number of halogens is 1. The lowest BCUT2D eigenvalue weighted by atomic mass is 10.2. The van der Waals surface area contributed by atoms with Gasteiger partial charge in [0.15, 0.2) is 0 Å². The zero-order valence-corrected chi connectivity index (χ0v) is 11.3. The molecule has 1 heterocycles. The lowest BCUT2D eigenvalue weighted by molar-refractivity contribution is 0.141. The van der Waals surface area contributed by atoms with E-state index < -0.39 is 12.0 Å². The van der Waals surface area contributed by atoms with E-state index in [1.54, 1.807) is 18.2 Å². The first kappa shape index (κ1) is 14.7. The minimum atomic E-state index is -0.519. The van der Waals surface area contributed by atoms with Gasteiger partial charge in [-0.15, -0.1) is 0 Å². The molecule has 2 rings (SSSR count). The first-order valence-electron chi connectivity index (χ1n) is 6.47. The molecule has 2 aromatic rings. The van der Waals surface area contributed by atoms with E-state index in [9.17, 15) is 9.18 Å². The molecule has 0 fully saturated rings. The fourth-order valence-electron chi connectivity index (χ4n) is 1.60. The molecule has 0 bridgehead atoms. The van der Waals surface area contributed by atoms with Gasteiger partial charge in [-0.1, -0.05) is 42.5 Å². The summed E-state index contributed by atoms with van der Waals surface area (Å²) < 4.78 is 17.6. The van der Waals surface area contributed by atoms with Crippen molar-refractivity contribution in [2.45, 2.75) is 6.61 Å². The monoisotopic (exact) mass is 286 g/mol. The molecule has 0 atom stereocenters. The summed E-state index contributed by atoms with van der Waals surface area (Å²) in [5.41, 5.74) is 1.69. The average molecular weight is 286 g/mol. The van der Waals surface area contributed by atoms with Gasteiger partial charge in [0, 0.05) is 12.7 Å². The first-order chi connectivity index (χ1) is 10.2. The van der Waals surface area contributed by atoms with Crippen LogP contribution in [0.4, 0.5) is 9.18 Å². The summed E-state index contributed by atoms with van der Waals surface area (Å²) in [6.07, 6.45) is 4.41. The van der Waals surface area contributed by atoms with Gasteiger partial charge in [-0.2, -0.15) is 4.39 Å². The van der Waals surface area contributed by atoms with Crippen molar-refractivity contribution < 1.29 is 13.9 Å². The molecule has 108 valence electrons. The molecule has 0 saturated carbocycles. The number of pyridine rings is 1. The molecule has 0 spiro atoms. The maximum Gasteiger partial charge on any atom is 0.407 e.